The molecule has 0 bridgehead atoms. The molecule has 6 fully saturated rings. The number of hydrogen-bond acceptors (Lipinski definition) is 27. The molecule has 8 aromatic carbocycles. The lowest BCUT2D eigenvalue weighted by Crippen LogP contribution is -2.57. The maximum atomic E-state index is 13.7. The number of piperidine rings is 2. The van der Waals surface area contributed by atoms with E-state index in [4.69, 9.17) is 51.5 Å². The van der Waals surface area contributed by atoms with E-state index >= 15 is 0 Å². The second-order valence-corrected chi connectivity index (χ2v) is 36.6. The third-order valence-corrected chi connectivity index (χ3v) is 27.7. The second kappa shape index (κ2) is 43.4. The number of nitrogens with zero attached hydrogens (tertiary/aromatic N) is 14. The number of carboxylic acid groups (broad SMARTS) is 1. The molecule has 0 radical (unpaired) electrons. The predicted octanol–water partition coefficient (Wildman–Crippen LogP) is 12.5. The zero-order valence-electron chi connectivity index (χ0n) is 77.5. The quantitative estimate of drug-likeness (QED) is 0.0157. The van der Waals surface area contributed by atoms with Crippen molar-refractivity contribution >= 4 is 114 Å². The Bertz CT molecular complexity index is 6550. The molecule has 10 N–H and O–H groups in total. The normalized spacial score (nSPS) is 19.9. The monoisotopic (exact) mass is 1880 g/mol. The Morgan fingerprint density at radius 2 is 0.799 bits per heavy atom. The van der Waals surface area contributed by atoms with Crippen LogP contribution >= 0.6 is 0 Å². The lowest BCUT2D eigenvalue weighted by molar-refractivity contribution is -0.139. The van der Waals surface area contributed by atoms with Crippen molar-refractivity contribution in [2.75, 3.05) is 103 Å². The van der Waals surface area contributed by atoms with E-state index in [1.54, 1.807) is 54.9 Å². The predicted molar refractivity (Wildman–Crippen MR) is 521 cm³/mol. The fraction of sp³-hybridized carbons (Fsp3) is 0.385. The van der Waals surface area contributed by atoms with Crippen LogP contribution < -0.4 is 52.1 Å². The average Bonchev–Trinajstić information content (AvgIpc) is 1.73. The van der Waals surface area contributed by atoms with Crippen molar-refractivity contribution in [1.82, 2.24) is 84.8 Å². The molecule has 2 unspecified atom stereocenters. The van der Waals surface area contributed by atoms with Crippen LogP contribution in [0, 0.1) is 0 Å². The first kappa shape index (κ1) is 94.8. The number of nitrogen functional groups attached to an aromatic ring is 2. The van der Waals surface area contributed by atoms with E-state index in [1.807, 2.05) is 109 Å². The van der Waals surface area contributed by atoms with Gasteiger partial charge in [-0.25, -0.2) is 34.1 Å². The van der Waals surface area contributed by atoms with Crippen LogP contribution in [-0.2, 0) is 28.8 Å². The topological polar surface area (TPSA) is 449 Å². The number of fused-ring (bicyclic) bond motifs is 2. The first-order valence-corrected chi connectivity index (χ1v) is 48.3. The smallest absolute Gasteiger partial charge is 0.341 e. The molecule has 12 aromatic rings. The molecule has 10 heterocycles. The number of nitrogens with two attached hydrogens (primary N) is 3. The first-order chi connectivity index (χ1) is 67.7. The summed E-state index contributed by atoms with van der Waals surface area (Å²) in [7, 11) is 0. The number of carboxylic acids is 1. The Hall–Kier alpha value is -14.5. The minimum Gasteiger partial charge on any atom is -0.484 e. The molecular weight excluding hydrogens is 1770 g/mol. The van der Waals surface area contributed by atoms with Crippen molar-refractivity contribution in [2.24, 2.45) is 5.73 Å². The number of carbonyl (C=O) groups excluding carboxylic acids is 9. The Balaban J connectivity index is 0.000000154. The highest BCUT2D eigenvalue weighted by Gasteiger charge is 2.46. The van der Waals surface area contributed by atoms with Crippen molar-refractivity contribution in [3.05, 3.63) is 205 Å². The Kier molecular flexibility index (Phi) is 29.6. The van der Waals surface area contributed by atoms with Gasteiger partial charge in [-0.15, -0.1) is 0 Å². The van der Waals surface area contributed by atoms with Gasteiger partial charge in [0.05, 0.1) is 34.0 Å². The van der Waals surface area contributed by atoms with Gasteiger partial charge in [0.15, 0.2) is 24.5 Å². The summed E-state index contributed by atoms with van der Waals surface area (Å²) in [5.74, 6) is -1.77. The lowest BCUT2D eigenvalue weighted by atomic mass is 9.90. The maximum Gasteiger partial charge on any atom is 0.341 e. The number of aromatic nitrogens is 8. The zero-order chi connectivity index (χ0) is 96.2. The molecule has 2 aliphatic carbocycles. The molecule has 4 aromatic heterocycles. The number of unbranched alkanes of at least 4 members (excludes halogenated alkanes) is 6. The van der Waals surface area contributed by atoms with Crippen LogP contribution in [0.15, 0.2) is 183 Å². The summed E-state index contributed by atoms with van der Waals surface area (Å²) < 4.78 is 27.2. The van der Waals surface area contributed by atoms with Crippen LogP contribution in [0.1, 0.15) is 182 Å². The molecule has 2 saturated carbocycles. The van der Waals surface area contributed by atoms with E-state index in [9.17, 15) is 47.9 Å². The number of ether oxygens (including phenoxy) is 4. The number of piperazine rings is 2. The molecule has 2 atom stereocenters. The number of carbonyl (C=O) groups is 10. The van der Waals surface area contributed by atoms with Crippen LogP contribution in [0.25, 0.3) is 66.1 Å². The summed E-state index contributed by atoms with van der Waals surface area (Å²) in [5, 5.41) is 30.0. The fourth-order valence-corrected chi connectivity index (χ4v) is 20.6. The Morgan fingerprint density at radius 3 is 1.22 bits per heavy atom. The highest BCUT2D eigenvalue weighted by molar-refractivity contribution is 6.28. The summed E-state index contributed by atoms with van der Waals surface area (Å²) in [6.07, 6.45) is 21.1. The van der Waals surface area contributed by atoms with Gasteiger partial charge in [-0.2, -0.15) is 10.2 Å². The SMILES string of the molecule is NCCCCCCN1CCN(C2CCC(n3nc(-c4ccc(Oc5ccccc5)cc4)c4c(N)ncnc43)CC2)CC1.Nc1ncnc2c1c(-c1ccc(Oc3ccccc3)cc1)nn2C1CCC(N2CCN(CCCCCCNC(=O)COc3cc4c5c(cccc5c3)C(=O)N(C3CCC(=O)NC3=O)C4=O)CC2)CC1.O=C(O)COc1cc2c3c(cccc3c1)C(=O)N(C1CCC(=O)NC1=O)C2=O. The van der Waals surface area contributed by atoms with E-state index in [0.717, 1.165) is 187 Å². The van der Waals surface area contributed by atoms with Gasteiger partial charge in [-0.1, -0.05) is 86.3 Å². The van der Waals surface area contributed by atoms with Crippen LogP contribution in [0.2, 0.25) is 0 Å². The van der Waals surface area contributed by atoms with Crippen molar-refractivity contribution in [1.29, 1.82) is 0 Å². The molecule has 4 saturated heterocycles. The number of imide groups is 4. The summed E-state index contributed by atoms with van der Waals surface area (Å²) in [6.45, 7) is 11.9. The van der Waals surface area contributed by atoms with E-state index in [2.05, 4.69) is 64.8 Å². The zero-order valence-corrected chi connectivity index (χ0v) is 77.5. The lowest BCUT2D eigenvalue weighted by Gasteiger charge is -2.42. The Labute approximate surface area is 802 Å². The van der Waals surface area contributed by atoms with Crippen LogP contribution in [0.3, 0.4) is 0 Å². The fourth-order valence-electron chi connectivity index (χ4n) is 20.6. The second-order valence-electron chi connectivity index (χ2n) is 36.6. The number of amides is 9. The van der Waals surface area contributed by atoms with E-state index in [1.165, 1.54) is 83.3 Å². The van der Waals surface area contributed by atoms with Gasteiger partial charge in [0.25, 0.3) is 29.5 Å². The van der Waals surface area contributed by atoms with Crippen LogP contribution in [-0.4, -0.2) is 249 Å². The molecule has 9 amide bonds. The molecule has 8 aliphatic rings. The van der Waals surface area contributed by atoms with E-state index < -0.39 is 71.9 Å². The van der Waals surface area contributed by atoms with Crippen molar-refractivity contribution in [3.63, 3.8) is 0 Å². The third-order valence-electron chi connectivity index (χ3n) is 27.7. The minimum absolute atomic E-state index is 0.0201. The molecule has 720 valence electrons. The molecule has 139 heavy (non-hydrogen) atoms. The van der Waals surface area contributed by atoms with Gasteiger partial charge in [-0.3, -0.25) is 73.4 Å². The van der Waals surface area contributed by atoms with Gasteiger partial charge in [0.2, 0.25) is 23.6 Å². The molecule has 6 aliphatic heterocycles. The summed E-state index contributed by atoms with van der Waals surface area (Å²) >= 11 is 0. The molecule has 35 nitrogen and oxygen atoms in total. The van der Waals surface area contributed by atoms with Gasteiger partial charge >= 0.3 is 5.97 Å². The number of hydrogen-bond donors (Lipinski definition) is 7. The number of para-hydroxylation sites is 2. The van der Waals surface area contributed by atoms with Crippen molar-refractivity contribution in [3.8, 4) is 57.0 Å². The number of nitrogens with one attached hydrogen (secondary N) is 3. The molecular formula is C104H114N20O15. The van der Waals surface area contributed by atoms with Crippen molar-refractivity contribution < 1.29 is 72.0 Å². The Morgan fingerprint density at radius 1 is 0.403 bits per heavy atom. The number of benzene rings is 8. The van der Waals surface area contributed by atoms with Crippen LogP contribution in [0.4, 0.5) is 11.6 Å². The summed E-state index contributed by atoms with van der Waals surface area (Å²) in [4.78, 5) is 155. The average molecular weight is 1880 g/mol. The van der Waals surface area contributed by atoms with Crippen LogP contribution in [0.5, 0.6) is 34.5 Å². The number of aliphatic carboxylic acids is 1. The van der Waals surface area contributed by atoms with Gasteiger partial charge in [-0.05, 0) is 229 Å². The molecule has 35 heteroatoms. The largest absolute Gasteiger partial charge is 0.484 e. The highest BCUT2D eigenvalue weighted by atomic mass is 16.5. The maximum absolute atomic E-state index is 13.7. The van der Waals surface area contributed by atoms with Gasteiger partial charge in [0, 0.05) is 117 Å². The van der Waals surface area contributed by atoms with E-state index in [0.29, 0.717) is 63.6 Å². The number of rotatable bonds is 31. The summed E-state index contributed by atoms with van der Waals surface area (Å²) in [5.41, 5.74) is 24.5. The third kappa shape index (κ3) is 21.6. The van der Waals surface area contributed by atoms with E-state index in [-0.39, 0.29) is 72.2 Å². The molecule has 20 rings (SSSR count). The molecule has 0 spiro atoms. The van der Waals surface area contributed by atoms with Gasteiger partial charge in [0.1, 0.15) is 82.3 Å². The highest BCUT2D eigenvalue weighted by Crippen LogP contribution is 2.43. The number of anilines is 2. The first-order valence-electron chi connectivity index (χ1n) is 48.3. The van der Waals surface area contributed by atoms with Crippen molar-refractivity contribution in [2.45, 2.75) is 165 Å². The summed E-state index contributed by atoms with van der Waals surface area (Å²) in [6, 6.07) is 51.1. The van der Waals surface area contributed by atoms with Gasteiger partial charge < -0.3 is 56.4 Å². The minimum atomic E-state index is -1.17. The standard InChI is InChI=1S/C52H56N10O7.C33H44N8O.C19H14N2O7/c53-48-46-47(33-13-19-38(20-14-33)69-37-10-4-3-5-11-37)58-62(49(46)56-32-55-48)36-17-15-35(16-18-36)60-27-25-59(26-28-60)24-7-2-1-6-23-54-44(64)31-68-39-29-34-9-8-12-40-45(34)41(30-39)52(67)61(51(40)66)42-21-22-43(63)57-50(42)65;34-18-6-1-2-7-19-39-20-22-40(23-21-39)26-12-14-27(15-13-26)41-33-30(32(35)36-24-37-33)31(38-41)25-10-16-29(17-11-25)42-28-8-4-3-5-9-28;22-14-5-4-13(17(25)20-14)21-18(26)11-3-1-2-9-6-10(28-8-15(23)24)7-12(16(9)11)19(21)27/h3-5,8-14,19-20,29-30,32,35-36,42H,1-2,6-7,15-18,21-28,31H2,(H,54,64)(H2,53,55,56)(H,57,63,65);3-5,8-11,16-17,24,26-27H,1-2,6-7,12-15,18-23,34H2,(H2,35,36,37);1-3,6-7,13H,4-5,8H2,(H,23,24)(H,20,22,25).